The molecule has 0 saturated carbocycles. The molecule has 1 heterocycles. The van der Waals surface area contributed by atoms with Gasteiger partial charge in [0.25, 0.3) is 0 Å². The molecular formula is C10H13ClN2O4. The van der Waals surface area contributed by atoms with Gasteiger partial charge in [0, 0.05) is 12.1 Å². The van der Waals surface area contributed by atoms with Gasteiger partial charge < -0.3 is 15.5 Å². The van der Waals surface area contributed by atoms with Gasteiger partial charge in [-0.05, 0) is 31.0 Å². The summed E-state index contributed by atoms with van der Waals surface area (Å²) in [5, 5.41) is 32.6. The Hall–Kier alpha value is -1.53. The first-order valence-corrected chi connectivity index (χ1v) is 5.03. The van der Waals surface area contributed by atoms with Crippen LogP contribution in [0, 0.1) is 10.1 Å². The van der Waals surface area contributed by atoms with Crippen molar-refractivity contribution in [2.75, 3.05) is 6.54 Å². The Balaban J connectivity index is 0.00000144. The van der Waals surface area contributed by atoms with Crippen molar-refractivity contribution in [3.63, 3.8) is 0 Å². The van der Waals surface area contributed by atoms with Gasteiger partial charge in [-0.3, -0.25) is 10.1 Å². The summed E-state index contributed by atoms with van der Waals surface area (Å²) < 4.78 is 0. The van der Waals surface area contributed by atoms with Crippen LogP contribution in [0.15, 0.2) is 12.1 Å². The zero-order valence-corrected chi connectivity index (χ0v) is 9.74. The molecule has 3 N–H and O–H groups in total. The highest BCUT2D eigenvalue weighted by molar-refractivity contribution is 5.85. The Morgan fingerprint density at radius 1 is 1.41 bits per heavy atom. The summed E-state index contributed by atoms with van der Waals surface area (Å²) >= 11 is 0. The van der Waals surface area contributed by atoms with Crippen molar-refractivity contribution in [2.24, 2.45) is 0 Å². The largest absolute Gasteiger partial charge is 0.504 e. The third kappa shape index (κ3) is 2.59. The number of hydrogen-bond donors (Lipinski definition) is 3. The van der Waals surface area contributed by atoms with Gasteiger partial charge >= 0.3 is 5.69 Å². The molecule has 1 saturated heterocycles. The smallest absolute Gasteiger partial charge is 0.314 e. The molecule has 94 valence electrons. The minimum atomic E-state index is -0.701. The SMILES string of the molecule is Cl.O=[N+]([O-])c1cc([C@@H]2CCCN2)cc(O)c1O. The predicted molar refractivity (Wildman–Crippen MR) is 63.7 cm³/mol. The van der Waals surface area contributed by atoms with Gasteiger partial charge in [-0.15, -0.1) is 12.4 Å². The standard InChI is InChI=1S/C10H12N2O4.ClH/c13-9-5-6(7-2-1-3-11-7)4-8(10(9)14)12(15)16;/h4-5,7,11,13-14H,1-3H2;1H/t7-;/m0./s1. The zero-order chi connectivity index (χ0) is 11.7. The monoisotopic (exact) mass is 260 g/mol. The molecule has 0 bridgehead atoms. The van der Waals surface area contributed by atoms with Crippen LogP contribution in [-0.4, -0.2) is 21.7 Å². The molecular weight excluding hydrogens is 248 g/mol. The lowest BCUT2D eigenvalue weighted by Crippen LogP contribution is -2.12. The second-order valence-corrected chi connectivity index (χ2v) is 3.81. The lowest BCUT2D eigenvalue weighted by molar-refractivity contribution is -0.386. The molecule has 6 nitrogen and oxygen atoms in total. The second kappa shape index (κ2) is 5.20. The number of halogens is 1. The molecule has 1 aliphatic heterocycles. The topological polar surface area (TPSA) is 95.6 Å². The summed E-state index contributed by atoms with van der Waals surface area (Å²) in [5.41, 5.74) is 0.184. The van der Waals surface area contributed by atoms with E-state index in [2.05, 4.69) is 5.32 Å². The highest BCUT2D eigenvalue weighted by Gasteiger charge is 2.24. The van der Waals surface area contributed by atoms with Gasteiger partial charge in [0.1, 0.15) is 0 Å². The maximum absolute atomic E-state index is 10.7. The first-order valence-electron chi connectivity index (χ1n) is 5.03. The highest BCUT2D eigenvalue weighted by Crippen LogP contribution is 2.39. The molecule has 1 atom stereocenters. The number of nitro benzene ring substituents is 1. The lowest BCUT2D eigenvalue weighted by atomic mass is 10.0. The van der Waals surface area contributed by atoms with Crippen molar-refractivity contribution in [1.29, 1.82) is 0 Å². The number of nitro groups is 1. The van der Waals surface area contributed by atoms with Crippen molar-refractivity contribution >= 4 is 18.1 Å². The summed E-state index contributed by atoms with van der Waals surface area (Å²) in [6.07, 6.45) is 1.88. The molecule has 0 radical (unpaired) electrons. The van der Waals surface area contributed by atoms with Crippen molar-refractivity contribution in [1.82, 2.24) is 5.32 Å². The van der Waals surface area contributed by atoms with E-state index in [4.69, 9.17) is 0 Å². The minimum absolute atomic E-state index is 0. The van der Waals surface area contributed by atoms with Gasteiger partial charge in [0.2, 0.25) is 5.75 Å². The Labute approximate surface area is 104 Å². The summed E-state index contributed by atoms with van der Waals surface area (Å²) in [6.45, 7) is 0.861. The molecule has 0 amide bonds. The van der Waals surface area contributed by atoms with Gasteiger partial charge in [-0.2, -0.15) is 0 Å². The fourth-order valence-corrected chi connectivity index (χ4v) is 1.93. The van der Waals surface area contributed by atoms with Gasteiger partial charge in [0.15, 0.2) is 5.75 Å². The van der Waals surface area contributed by atoms with Crippen LogP contribution in [0.3, 0.4) is 0 Å². The number of hydrogen-bond acceptors (Lipinski definition) is 5. The Bertz CT molecular complexity index is 433. The Morgan fingerprint density at radius 3 is 2.65 bits per heavy atom. The first-order chi connectivity index (χ1) is 7.59. The molecule has 1 fully saturated rings. The van der Waals surface area contributed by atoms with E-state index in [0.717, 1.165) is 19.4 Å². The molecule has 0 aromatic heterocycles. The van der Waals surface area contributed by atoms with Crippen LogP contribution < -0.4 is 5.32 Å². The van der Waals surface area contributed by atoms with Crippen LogP contribution in [0.4, 0.5) is 5.69 Å². The van der Waals surface area contributed by atoms with Crippen LogP contribution in [0.5, 0.6) is 11.5 Å². The van der Waals surface area contributed by atoms with Crippen molar-refractivity contribution < 1.29 is 15.1 Å². The van der Waals surface area contributed by atoms with Crippen LogP contribution in [-0.2, 0) is 0 Å². The molecule has 0 aliphatic carbocycles. The quantitative estimate of drug-likeness (QED) is 0.428. The maximum Gasteiger partial charge on any atom is 0.314 e. The maximum atomic E-state index is 10.7. The Kier molecular flexibility index (Phi) is 4.14. The summed E-state index contributed by atoms with van der Waals surface area (Å²) in [4.78, 5) is 9.95. The fraction of sp³-hybridized carbons (Fsp3) is 0.400. The average molecular weight is 261 g/mol. The van der Waals surface area contributed by atoms with E-state index in [1.54, 1.807) is 0 Å². The number of nitrogens with one attached hydrogen (secondary N) is 1. The van der Waals surface area contributed by atoms with Crippen molar-refractivity contribution in [3.05, 3.63) is 27.8 Å². The zero-order valence-electron chi connectivity index (χ0n) is 8.92. The second-order valence-electron chi connectivity index (χ2n) is 3.81. The number of phenols is 2. The van der Waals surface area contributed by atoms with E-state index >= 15 is 0 Å². The molecule has 0 spiro atoms. The normalized spacial score (nSPS) is 18.7. The van der Waals surface area contributed by atoms with E-state index in [0.29, 0.717) is 5.56 Å². The van der Waals surface area contributed by atoms with Crippen LogP contribution in [0.2, 0.25) is 0 Å². The van der Waals surface area contributed by atoms with E-state index in [-0.39, 0.29) is 18.4 Å². The molecule has 1 aromatic rings. The summed E-state index contributed by atoms with van der Waals surface area (Å²) in [5.74, 6) is -1.12. The molecule has 1 aromatic carbocycles. The lowest BCUT2D eigenvalue weighted by Gasteiger charge is -2.11. The highest BCUT2D eigenvalue weighted by atomic mass is 35.5. The van der Waals surface area contributed by atoms with Crippen LogP contribution in [0.1, 0.15) is 24.4 Å². The van der Waals surface area contributed by atoms with E-state index in [1.807, 2.05) is 0 Å². The van der Waals surface area contributed by atoms with Crippen LogP contribution >= 0.6 is 12.4 Å². The first kappa shape index (κ1) is 13.5. The average Bonchev–Trinajstić information content (AvgIpc) is 2.74. The predicted octanol–water partition coefficient (Wildman–Crippen LogP) is 1.85. The van der Waals surface area contributed by atoms with E-state index < -0.39 is 22.1 Å². The molecule has 1 aliphatic rings. The van der Waals surface area contributed by atoms with Gasteiger partial charge in [-0.25, -0.2) is 0 Å². The van der Waals surface area contributed by atoms with Gasteiger partial charge in [0.05, 0.1) is 4.92 Å². The molecule has 0 unspecified atom stereocenters. The number of nitrogens with zero attached hydrogens (tertiary/aromatic N) is 1. The molecule has 17 heavy (non-hydrogen) atoms. The number of benzene rings is 1. The minimum Gasteiger partial charge on any atom is -0.504 e. The number of aromatic hydroxyl groups is 2. The summed E-state index contributed by atoms with van der Waals surface area (Å²) in [7, 11) is 0. The van der Waals surface area contributed by atoms with Crippen molar-refractivity contribution in [3.8, 4) is 11.5 Å². The van der Waals surface area contributed by atoms with E-state index in [9.17, 15) is 20.3 Å². The third-order valence-corrected chi connectivity index (χ3v) is 2.75. The number of phenolic OH excluding ortho intramolecular Hbond substituents is 2. The summed E-state index contributed by atoms with van der Waals surface area (Å²) in [6, 6.07) is 2.69. The Morgan fingerprint density at radius 2 is 2.12 bits per heavy atom. The fourth-order valence-electron chi connectivity index (χ4n) is 1.93. The van der Waals surface area contributed by atoms with Gasteiger partial charge in [-0.1, -0.05) is 0 Å². The van der Waals surface area contributed by atoms with Crippen molar-refractivity contribution in [2.45, 2.75) is 18.9 Å². The van der Waals surface area contributed by atoms with Crippen LogP contribution in [0.25, 0.3) is 0 Å². The third-order valence-electron chi connectivity index (χ3n) is 2.75. The molecule has 7 heteroatoms. The molecule has 2 rings (SSSR count). The van der Waals surface area contributed by atoms with E-state index in [1.165, 1.54) is 12.1 Å². The number of rotatable bonds is 2.